The summed E-state index contributed by atoms with van der Waals surface area (Å²) in [6, 6.07) is 13.5. The van der Waals surface area contributed by atoms with Crippen LogP contribution in [0.2, 0.25) is 0 Å². The summed E-state index contributed by atoms with van der Waals surface area (Å²) in [6.07, 6.45) is 4.43. The minimum atomic E-state index is -0.0663. The summed E-state index contributed by atoms with van der Waals surface area (Å²) in [5, 5.41) is 0. The molecule has 0 radical (unpaired) electrons. The second-order valence-electron chi connectivity index (χ2n) is 9.53. The van der Waals surface area contributed by atoms with Gasteiger partial charge in [0.05, 0.1) is 0 Å². The van der Waals surface area contributed by atoms with E-state index in [0.29, 0.717) is 23.7 Å². The van der Waals surface area contributed by atoms with Gasteiger partial charge in [0, 0.05) is 0 Å². The van der Waals surface area contributed by atoms with Crippen molar-refractivity contribution < 1.29 is 16.5 Å². The van der Waals surface area contributed by atoms with Crippen molar-refractivity contribution in [3.8, 4) is 11.4 Å². The van der Waals surface area contributed by atoms with Gasteiger partial charge in [-0.05, 0) is 0 Å². The summed E-state index contributed by atoms with van der Waals surface area (Å²) in [6.45, 7) is 18.2. The topological polar surface area (TPSA) is 9.86 Å². The number of aromatic nitrogens is 2. The molecule has 31 heavy (non-hydrogen) atoms. The first kappa shape index (κ1) is 24.2. The number of rotatable bonds is 6. The van der Waals surface area contributed by atoms with Crippen molar-refractivity contribution in [1.82, 2.24) is 9.13 Å². The molecule has 3 rings (SSSR count). The number of hydrogen-bond donors (Lipinski definition) is 0. The van der Waals surface area contributed by atoms with E-state index in [-0.39, 0.29) is 16.5 Å². The molecule has 0 saturated carbocycles. The molecule has 0 atom stereocenters. The second-order valence-corrected chi connectivity index (χ2v) is 11.2. The fraction of sp³-hybridized carbons (Fsp3) is 0.444. The van der Waals surface area contributed by atoms with Crippen LogP contribution in [0.15, 0.2) is 48.8 Å². The van der Waals surface area contributed by atoms with Gasteiger partial charge in [-0.25, -0.2) is 0 Å². The van der Waals surface area contributed by atoms with E-state index in [0.717, 1.165) is 3.89 Å². The number of para-hydroxylation sites is 2. The van der Waals surface area contributed by atoms with Gasteiger partial charge in [0.25, 0.3) is 0 Å². The van der Waals surface area contributed by atoms with Crippen molar-refractivity contribution >= 4 is 9.53 Å². The Morgan fingerprint density at radius 2 is 0.871 bits per heavy atom. The van der Waals surface area contributed by atoms with Crippen LogP contribution < -0.4 is 0 Å². The maximum absolute atomic E-state index is 6.71. The van der Waals surface area contributed by atoms with Crippen LogP contribution in [0, 0.1) is 3.89 Å². The molecule has 2 aromatic carbocycles. The van der Waals surface area contributed by atoms with E-state index in [1.165, 1.54) is 33.6 Å². The molecule has 0 unspecified atom stereocenters. The molecule has 4 heteroatoms. The first-order valence-corrected chi connectivity index (χ1v) is 14.1. The van der Waals surface area contributed by atoms with Crippen LogP contribution in [0.25, 0.3) is 11.4 Å². The second kappa shape index (κ2) is 10.0. The van der Waals surface area contributed by atoms with E-state index in [2.05, 4.69) is 113 Å². The van der Waals surface area contributed by atoms with Gasteiger partial charge in [-0.2, -0.15) is 0 Å². The minimum absolute atomic E-state index is 0.0663. The Kier molecular flexibility index (Phi) is 7.85. The van der Waals surface area contributed by atoms with Gasteiger partial charge in [-0.15, -0.1) is 0 Å². The first-order chi connectivity index (χ1) is 14.7. The molecule has 1 aromatic heterocycles. The third-order valence-corrected chi connectivity index (χ3v) is 7.60. The van der Waals surface area contributed by atoms with Gasteiger partial charge in [-0.3, -0.25) is 0 Å². The molecule has 0 aliphatic rings. The summed E-state index contributed by atoms with van der Waals surface area (Å²) in [7, 11) is 6.71. The molecule has 0 bridgehead atoms. The number of halogens is 1. The molecular formula is C27H36ClN2Pd. The van der Waals surface area contributed by atoms with E-state index < -0.39 is 0 Å². The molecule has 0 amide bonds. The van der Waals surface area contributed by atoms with Gasteiger partial charge in [0.1, 0.15) is 0 Å². The van der Waals surface area contributed by atoms with Crippen molar-refractivity contribution in [2.24, 2.45) is 0 Å². The predicted octanol–water partition coefficient (Wildman–Crippen LogP) is 8.53. The third-order valence-electron chi connectivity index (χ3n) is 5.95. The normalized spacial score (nSPS) is 12.2. The van der Waals surface area contributed by atoms with Crippen LogP contribution >= 0.6 is 9.53 Å². The van der Waals surface area contributed by atoms with Gasteiger partial charge in [-0.1, -0.05) is 0 Å². The van der Waals surface area contributed by atoms with Gasteiger partial charge < -0.3 is 0 Å². The maximum atomic E-state index is 6.71. The standard InChI is InChI=1S/C27H36N2.ClH.Pd/c1-18(2)22-11-9-12-23(19(3)4)26(22)28-15-16-29(17-28)27-24(20(5)6)13-10-14-25(27)21(7)8;;/h9-16,18-21H,1-8H3;1H;/q;;+1/p-1. The molecule has 2 nitrogen and oxygen atoms in total. The Morgan fingerprint density at radius 3 is 1.10 bits per heavy atom. The Morgan fingerprint density at radius 1 is 0.581 bits per heavy atom. The average molecular weight is 530 g/mol. The molecule has 0 fully saturated rings. The number of nitrogens with zero attached hydrogens (tertiary/aromatic N) is 2. The van der Waals surface area contributed by atoms with Crippen molar-refractivity contribution in [3.05, 3.63) is 74.9 Å². The summed E-state index contributed by atoms with van der Waals surface area (Å²) >= 11 is -0.0663. The first-order valence-electron chi connectivity index (χ1n) is 11.3. The van der Waals surface area contributed by atoms with Gasteiger partial charge in [0.15, 0.2) is 0 Å². The van der Waals surface area contributed by atoms with Crippen molar-refractivity contribution in [2.75, 3.05) is 0 Å². The van der Waals surface area contributed by atoms with E-state index in [4.69, 9.17) is 9.53 Å². The van der Waals surface area contributed by atoms with Crippen LogP contribution in [0.3, 0.4) is 0 Å². The zero-order valence-electron chi connectivity index (χ0n) is 20.0. The molecule has 0 N–H and O–H groups in total. The number of benzene rings is 2. The predicted molar refractivity (Wildman–Crippen MR) is 131 cm³/mol. The monoisotopic (exact) mass is 529 g/mol. The Hall–Kier alpha value is -1.40. The van der Waals surface area contributed by atoms with E-state index in [1.807, 2.05) is 0 Å². The third kappa shape index (κ3) is 4.70. The van der Waals surface area contributed by atoms with Crippen LogP contribution in [-0.4, -0.2) is 9.13 Å². The molecule has 171 valence electrons. The Balaban J connectivity index is 2.40. The molecule has 0 aliphatic heterocycles. The molecule has 0 saturated heterocycles. The number of imidazole rings is 1. The fourth-order valence-corrected chi connectivity index (χ4v) is 5.86. The Bertz CT molecular complexity index is 980. The SMILES string of the molecule is CC(C)c1cccc(C(C)C)c1-n1ccn(-c2c(C(C)C)cccc2C(C)C)[c]1=[Pd][Cl]. The zero-order valence-corrected chi connectivity index (χ0v) is 22.3. The quantitative estimate of drug-likeness (QED) is 0.283. The summed E-state index contributed by atoms with van der Waals surface area (Å²) < 4.78 is 5.86. The Labute approximate surface area is 199 Å². The van der Waals surface area contributed by atoms with E-state index >= 15 is 0 Å². The summed E-state index contributed by atoms with van der Waals surface area (Å²) in [5.74, 6) is 1.75. The molecule has 3 aromatic rings. The van der Waals surface area contributed by atoms with E-state index in [9.17, 15) is 0 Å². The van der Waals surface area contributed by atoms with Crippen molar-refractivity contribution in [2.45, 2.75) is 79.1 Å². The molecule has 0 aliphatic carbocycles. The summed E-state index contributed by atoms with van der Waals surface area (Å²) in [4.78, 5) is 0. The van der Waals surface area contributed by atoms with Crippen LogP contribution in [0.5, 0.6) is 0 Å². The molecule has 0 spiro atoms. The van der Waals surface area contributed by atoms with Crippen molar-refractivity contribution in [1.29, 1.82) is 0 Å². The van der Waals surface area contributed by atoms with E-state index in [1.54, 1.807) is 0 Å². The van der Waals surface area contributed by atoms with Crippen LogP contribution in [0.4, 0.5) is 0 Å². The summed E-state index contributed by atoms with van der Waals surface area (Å²) in [5.41, 5.74) is 8.08. The zero-order chi connectivity index (χ0) is 22.9. The van der Waals surface area contributed by atoms with Crippen LogP contribution in [0.1, 0.15) is 101 Å². The van der Waals surface area contributed by atoms with Gasteiger partial charge in [0.2, 0.25) is 0 Å². The fourth-order valence-electron chi connectivity index (χ4n) is 4.32. The average Bonchev–Trinajstić information content (AvgIpc) is 3.15. The van der Waals surface area contributed by atoms with Gasteiger partial charge >= 0.3 is 201 Å². The van der Waals surface area contributed by atoms with Crippen LogP contribution in [-0.2, 0) is 16.5 Å². The molecular weight excluding hydrogens is 494 g/mol. The molecule has 1 heterocycles. The van der Waals surface area contributed by atoms with Crippen molar-refractivity contribution in [3.63, 3.8) is 0 Å². The number of hydrogen-bond acceptors (Lipinski definition) is 0.